The number of benzene rings is 3. The van der Waals surface area contributed by atoms with E-state index < -0.39 is 108 Å². The van der Waals surface area contributed by atoms with Gasteiger partial charge >= 0.3 is 18.5 Å². The molecule has 0 aliphatic carbocycles. The molecule has 0 unspecified atom stereocenters. The number of alkyl halides is 9. The maximum Gasteiger partial charge on any atom is 0.417 e. The fraction of sp³-hybridized carbons (Fsp3) is 0.143. The van der Waals surface area contributed by atoms with Crippen LogP contribution in [0.3, 0.4) is 0 Å². The molecule has 3 nitrogen and oxygen atoms in total. The van der Waals surface area contributed by atoms with Crippen molar-refractivity contribution < 1.29 is 65.5 Å². The van der Waals surface area contributed by atoms with Gasteiger partial charge in [0.15, 0.2) is 23.3 Å². The Morgan fingerprint density at radius 1 is 0.553 bits per heavy atom. The highest BCUT2D eigenvalue weighted by atomic mass is 32.2. The van der Waals surface area contributed by atoms with Crippen molar-refractivity contribution in [2.75, 3.05) is 0 Å². The summed E-state index contributed by atoms with van der Waals surface area (Å²) in [5.41, 5.74) is -15.1. The molecule has 17 heteroatoms. The van der Waals surface area contributed by atoms with E-state index in [1.54, 1.807) is 0 Å². The van der Waals surface area contributed by atoms with Gasteiger partial charge in [0.05, 0.1) is 21.6 Å². The average molecular weight is 585 g/mol. The lowest BCUT2D eigenvalue weighted by atomic mass is 9.88. The summed E-state index contributed by atoms with van der Waals surface area (Å²) in [4.78, 5) is -0.681. The van der Waals surface area contributed by atoms with Crippen molar-refractivity contribution in [3.63, 3.8) is 0 Å². The number of primary sulfonamides is 1. The summed E-state index contributed by atoms with van der Waals surface area (Å²) in [5, 5.41) is 4.85. The Morgan fingerprint density at radius 2 is 0.921 bits per heavy atom. The number of rotatable bonds is 3. The molecular formula is C21H8F13NO2S. The minimum Gasteiger partial charge on any atom is -0.225 e. The van der Waals surface area contributed by atoms with Crippen LogP contribution in [0, 0.1) is 23.3 Å². The minimum absolute atomic E-state index is 0.567. The first-order chi connectivity index (χ1) is 17.1. The maximum absolute atomic E-state index is 14.9. The van der Waals surface area contributed by atoms with Gasteiger partial charge in [0.2, 0.25) is 10.0 Å². The zero-order valence-electron chi connectivity index (χ0n) is 17.7. The van der Waals surface area contributed by atoms with Crippen LogP contribution in [0.1, 0.15) is 16.7 Å². The molecule has 206 valence electrons. The normalized spacial score (nSPS) is 13.2. The predicted octanol–water partition coefficient (Wildman–Crippen LogP) is 7.28. The predicted molar refractivity (Wildman–Crippen MR) is 104 cm³/mol. The van der Waals surface area contributed by atoms with Gasteiger partial charge in [-0.25, -0.2) is 31.1 Å². The highest BCUT2D eigenvalue weighted by Crippen LogP contribution is 2.50. The lowest BCUT2D eigenvalue weighted by Crippen LogP contribution is -2.23. The molecule has 0 aromatic heterocycles. The van der Waals surface area contributed by atoms with Crippen molar-refractivity contribution in [2.24, 2.45) is 5.14 Å². The molecule has 0 saturated heterocycles. The van der Waals surface area contributed by atoms with Crippen LogP contribution in [0.2, 0.25) is 0 Å². The van der Waals surface area contributed by atoms with E-state index in [0.29, 0.717) is 24.3 Å². The van der Waals surface area contributed by atoms with Crippen LogP contribution in [0.4, 0.5) is 57.1 Å². The lowest BCUT2D eigenvalue weighted by Gasteiger charge is -2.23. The highest BCUT2D eigenvalue weighted by Gasteiger charge is 2.50. The molecular weight excluding hydrogens is 577 g/mol. The van der Waals surface area contributed by atoms with E-state index in [9.17, 15) is 65.5 Å². The first-order valence-electron chi connectivity index (χ1n) is 9.46. The van der Waals surface area contributed by atoms with E-state index in [4.69, 9.17) is 5.14 Å². The van der Waals surface area contributed by atoms with E-state index in [-0.39, 0.29) is 0 Å². The maximum atomic E-state index is 14.9. The molecule has 2 N–H and O–H groups in total. The van der Waals surface area contributed by atoms with Crippen molar-refractivity contribution in [3.8, 4) is 22.3 Å². The molecule has 0 aliphatic rings. The van der Waals surface area contributed by atoms with Crippen LogP contribution >= 0.6 is 0 Å². The van der Waals surface area contributed by atoms with Crippen LogP contribution in [0.15, 0.2) is 41.3 Å². The summed E-state index contributed by atoms with van der Waals surface area (Å²) >= 11 is 0. The van der Waals surface area contributed by atoms with Crippen molar-refractivity contribution in [2.45, 2.75) is 23.4 Å². The average Bonchev–Trinajstić information content (AvgIpc) is 2.76. The third-order valence-electron chi connectivity index (χ3n) is 5.06. The van der Waals surface area contributed by atoms with Crippen LogP contribution in [-0.4, -0.2) is 8.42 Å². The molecule has 38 heavy (non-hydrogen) atoms. The van der Waals surface area contributed by atoms with E-state index in [0.717, 1.165) is 0 Å². The quantitative estimate of drug-likeness (QED) is 0.200. The molecule has 0 bridgehead atoms. The van der Waals surface area contributed by atoms with Gasteiger partial charge in [0.1, 0.15) is 0 Å². The Kier molecular flexibility index (Phi) is 7.03. The van der Waals surface area contributed by atoms with Crippen molar-refractivity contribution in [1.29, 1.82) is 0 Å². The first-order valence-corrected chi connectivity index (χ1v) is 11.0. The summed E-state index contributed by atoms with van der Waals surface area (Å²) in [6.45, 7) is 0. The van der Waals surface area contributed by atoms with Gasteiger partial charge in [-0.05, 0) is 35.4 Å². The zero-order chi connectivity index (χ0) is 29.2. The zero-order valence-corrected chi connectivity index (χ0v) is 18.5. The molecule has 0 radical (unpaired) electrons. The fourth-order valence-corrected chi connectivity index (χ4v) is 4.04. The summed E-state index contributed by atoms with van der Waals surface area (Å²) < 4.78 is 202. The van der Waals surface area contributed by atoms with Gasteiger partial charge in [-0.3, -0.25) is 0 Å². The summed E-state index contributed by atoms with van der Waals surface area (Å²) in [7, 11) is -4.42. The summed E-state index contributed by atoms with van der Waals surface area (Å²) in [6.07, 6.45) is -18.5. The largest absolute Gasteiger partial charge is 0.417 e. The second kappa shape index (κ2) is 9.14. The van der Waals surface area contributed by atoms with Gasteiger partial charge in [-0.2, -0.15) is 39.5 Å². The van der Waals surface area contributed by atoms with Gasteiger partial charge in [0, 0.05) is 11.1 Å². The van der Waals surface area contributed by atoms with Crippen molar-refractivity contribution >= 4 is 10.0 Å². The Bertz CT molecular complexity index is 1490. The SMILES string of the molecule is NS(=O)(=O)c1ccc(-c2c(F)c(F)c(F)c(F)c2-c2cc(C(F)(F)F)c(C(F)(F)F)c(C(F)(F)F)c2)cc1. The first kappa shape index (κ1) is 29.2. The van der Waals surface area contributed by atoms with E-state index >= 15 is 0 Å². The van der Waals surface area contributed by atoms with Crippen LogP contribution in [0.5, 0.6) is 0 Å². The number of hydrogen-bond donors (Lipinski definition) is 1. The third kappa shape index (κ3) is 5.29. The van der Waals surface area contributed by atoms with Crippen molar-refractivity contribution in [3.05, 3.63) is 76.4 Å². The Morgan fingerprint density at radius 3 is 1.24 bits per heavy atom. The standard InChI is InChI=1S/C21H8F13NO2S/c22-15-12(7-1-3-9(4-2-7)38(35,36)37)13(16(23)18(25)17(15)24)8-5-10(19(26,27)28)14(21(32,33)34)11(6-8)20(29,30)31/h1-6H,(H2,35,36,37). The number of sulfonamides is 1. The molecule has 0 atom stereocenters. The van der Waals surface area contributed by atoms with Crippen LogP contribution in [0.25, 0.3) is 22.3 Å². The molecule has 0 heterocycles. The van der Waals surface area contributed by atoms with Crippen LogP contribution in [-0.2, 0) is 28.6 Å². The van der Waals surface area contributed by atoms with E-state index in [1.807, 2.05) is 0 Å². The van der Waals surface area contributed by atoms with Gasteiger partial charge in [0.25, 0.3) is 0 Å². The third-order valence-corrected chi connectivity index (χ3v) is 5.99. The Labute approximate surface area is 203 Å². The molecule has 0 spiro atoms. The van der Waals surface area contributed by atoms with Crippen LogP contribution < -0.4 is 5.14 Å². The minimum atomic E-state index is -6.25. The number of hydrogen-bond acceptors (Lipinski definition) is 2. The number of nitrogens with two attached hydrogens (primary N) is 1. The number of halogens is 13. The lowest BCUT2D eigenvalue weighted by molar-refractivity contribution is -0.174. The second-order valence-electron chi connectivity index (χ2n) is 7.51. The van der Waals surface area contributed by atoms with E-state index in [1.165, 1.54) is 0 Å². The van der Waals surface area contributed by atoms with Gasteiger partial charge < -0.3 is 0 Å². The van der Waals surface area contributed by atoms with Crippen molar-refractivity contribution in [1.82, 2.24) is 0 Å². The second-order valence-corrected chi connectivity index (χ2v) is 9.08. The topological polar surface area (TPSA) is 60.2 Å². The monoisotopic (exact) mass is 585 g/mol. The molecule has 0 amide bonds. The van der Waals surface area contributed by atoms with E-state index in [2.05, 4.69) is 0 Å². The fourth-order valence-electron chi connectivity index (χ4n) is 3.52. The molecule has 0 saturated carbocycles. The molecule has 0 fully saturated rings. The highest BCUT2D eigenvalue weighted by molar-refractivity contribution is 7.89. The summed E-state index contributed by atoms with van der Waals surface area (Å²) in [6, 6.07) is 1.07. The Hall–Kier alpha value is -3.34. The van der Waals surface area contributed by atoms with Gasteiger partial charge in [-0.15, -0.1) is 0 Å². The Balaban J connectivity index is 2.56. The molecule has 3 rings (SSSR count). The van der Waals surface area contributed by atoms with Gasteiger partial charge in [-0.1, -0.05) is 12.1 Å². The molecule has 3 aromatic rings. The smallest absolute Gasteiger partial charge is 0.225 e. The summed E-state index contributed by atoms with van der Waals surface area (Å²) in [5.74, 6) is -10.2. The molecule has 0 aliphatic heterocycles. The molecule has 3 aromatic carbocycles.